The number of carbonyl (C=O) groups excluding carboxylic acids is 1. The molecule has 0 bridgehead atoms. The van der Waals surface area contributed by atoms with Crippen LogP contribution in [0.1, 0.15) is 70.0 Å². The Kier molecular flexibility index (Phi) is 7.08. The fraction of sp³-hybridized carbons (Fsp3) is 0.462. The number of amides is 1. The van der Waals surface area contributed by atoms with Crippen LogP contribution in [0.15, 0.2) is 66.8 Å². The van der Waals surface area contributed by atoms with Crippen LogP contribution in [0.25, 0.3) is 6.08 Å². The van der Waals surface area contributed by atoms with E-state index < -0.39 is 0 Å². The van der Waals surface area contributed by atoms with Gasteiger partial charge < -0.3 is 4.42 Å². The fourth-order valence-corrected chi connectivity index (χ4v) is 6.69. The highest BCUT2D eigenvalue weighted by atomic mass is 32.2. The Hall–Kier alpha value is -1.92. The van der Waals surface area contributed by atoms with Gasteiger partial charge in [-0.1, -0.05) is 68.5 Å². The molecule has 168 valence electrons. The number of carbonyl (C=O) groups is 1. The summed E-state index contributed by atoms with van der Waals surface area (Å²) in [7, 11) is 0. The summed E-state index contributed by atoms with van der Waals surface area (Å²) in [6.45, 7) is 0. The number of furan rings is 1. The van der Waals surface area contributed by atoms with Crippen molar-refractivity contribution in [1.82, 2.24) is 4.90 Å². The topological polar surface area (TPSA) is 45.8 Å². The first kappa shape index (κ1) is 21.9. The highest BCUT2D eigenvalue weighted by Crippen LogP contribution is 2.39. The van der Waals surface area contributed by atoms with Crippen molar-refractivity contribution in [3.63, 3.8) is 0 Å². The van der Waals surface area contributed by atoms with E-state index in [1.165, 1.54) is 38.5 Å². The zero-order valence-corrected chi connectivity index (χ0v) is 20.0. The van der Waals surface area contributed by atoms with E-state index in [-0.39, 0.29) is 11.9 Å². The maximum absolute atomic E-state index is 13.5. The lowest BCUT2D eigenvalue weighted by molar-refractivity contribution is -0.124. The number of aliphatic imine (C=N–C) groups is 1. The number of hydrogen-bond acceptors (Lipinski definition) is 5. The van der Waals surface area contributed by atoms with Crippen LogP contribution in [-0.4, -0.2) is 28.1 Å². The van der Waals surface area contributed by atoms with Gasteiger partial charge in [-0.3, -0.25) is 14.7 Å². The molecule has 0 atom stereocenters. The van der Waals surface area contributed by atoms with E-state index in [2.05, 4.69) is 12.1 Å². The molecule has 4 nitrogen and oxygen atoms in total. The second-order valence-electron chi connectivity index (χ2n) is 8.85. The summed E-state index contributed by atoms with van der Waals surface area (Å²) in [5.74, 6) is 0.826. The van der Waals surface area contributed by atoms with Gasteiger partial charge in [-0.15, -0.1) is 0 Å². The summed E-state index contributed by atoms with van der Waals surface area (Å²) >= 11 is 3.14. The van der Waals surface area contributed by atoms with E-state index in [0.717, 1.165) is 51.5 Å². The lowest BCUT2D eigenvalue weighted by Crippen LogP contribution is -2.41. The number of amidine groups is 1. The van der Waals surface area contributed by atoms with Crippen molar-refractivity contribution >= 4 is 40.7 Å². The minimum absolute atomic E-state index is 0.102. The maximum Gasteiger partial charge on any atom is 0.267 e. The highest BCUT2D eigenvalue weighted by Gasteiger charge is 2.39. The standard InChI is InChI=1S/C26H30N2O2S2/c29-25-23(18-21-16-17-24(30-21)31-22-14-8-3-9-15-22)32-26(27-19-10-4-1-5-11-19)28(25)20-12-6-2-7-13-20/h3,8-9,14-20H,1-2,4-7,10-13H2. The third-order valence-corrected chi connectivity index (χ3v) is 8.41. The van der Waals surface area contributed by atoms with Crippen LogP contribution in [0.2, 0.25) is 0 Å². The molecule has 6 heteroatoms. The molecule has 1 aromatic heterocycles. The van der Waals surface area contributed by atoms with E-state index in [9.17, 15) is 4.79 Å². The van der Waals surface area contributed by atoms with Gasteiger partial charge in [0, 0.05) is 17.0 Å². The molecule has 5 rings (SSSR count). The van der Waals surface area contributed by atoms with Gasteiger partial charge in [0.2, 0.25) is 0 Å². The predicted molar refractivity (Wildman–Crippen MR) is 133 cm³/mol. The molecule has 1 saturated heterocycles. The molecule has 3 fully saturated rings. The van der Waals surface area contributed by atoms with Crippen LogP contribution < -0.4 is 0 Å². The van der Waals surface area contributed by atoms with Crippen molar-refractivity contribution in [1.29, 1.82) is 0 Å². The number of nitrogens with zero attached hydrogens (tertiary/aromatic N) is 2. The molecule has 0 radical (unpaired) electrons. The van der Waals surface area contributed by atoms with E-state index >= 15 is 0 Å². The zero-order chi connectivity index (χ0) is 21.8. The highest BCUT2D eigenvalue weighted by molar-refractivity contribution is 8.18. The van der Waals surface area contributed by atoms with Crippen LogP contribution in [0.5, 0.6) is 0 Å². The first-order valence-electron chi connectivity index (χ1n) is 11.9. The Labute approximate surface area is 198 Å². The van der Waals surface area contributed by atoms with Crippen LogP contribution in [0, 0.1) is 0 Å². The van der Waals surface area contributed by atoms with Crippen molar-refractivity contribution in [3.05, 3.63) is 53.1 Å². The fourth-order valence-electron chi connectivity index (χ4n) is 4.80. The lowest BCUT2D eigenvalue weighted by atomic mass is 9.94. The van der Waals surface area contributed by atoms with Crippen molar-refractivity contribution in [2.45, 2.75) is 86.3 Å². The van der Waals surface area contributed by atoms with Gasteiger partial charge in [-0.05, 0) is 61.7 Å². The average molecular weight is 467 g/mol. The summed E-state index contributed by atoms with van der Waals surface area (Å²) in [6, 6.07) is 14.8. The van der Waals surface area contributed by atoms with Gasteiger partial charge in [0.25, 0.3) is 5.91 Å². The molecule has 2 aromatic rings. The monoisotopic (exact) mass is 466 g/mol. The second kappa shape index (κ2) is 10.3. The average Bonchev–Trinajstić information content (AvgIpc) is 3.39. The minimum atomic E-state index is 0.102. The van der Waals surface area contributed by atoms with Gasteiger partial charge in [0.05, 0.1) is 10.9 Å². The minimum Gasteiger partial charge on any atom is -0.450 e. The molecule has 0 N–H and O–H groups in total. The van der Waals surface area contributed by atoms with Gasteiger partial charge in [0.15, 0.2) is 10.3 Å². The van der Waals surface area contributed by atoms with Crippen molar-refractivity contribution in [2.75, 3.05) is 0 Å². The van der Waals surface area contributed by atoms with Crippen LogP contribution >= 0.6 is 23.5 Å². The van der Waals surface area contributed by atoms with Crippen molar-refractivity contribution < 1.29 is 9.21 Å². The first-order valence-corrected chi connectivity index (χ1v) is 13.5. The van der Waals surface area contributed by atoms with Gasteiger partial charge in [0.1, 0.15) is 5.76 Å². The third kappa shape index (κ3) is 5.18. The molecule has 1 amide bonds. The molecule has 2 heterocycles. The smallest absolute Gasteiger partial charge is 0.267 e. The largest absolute Gasteiger partial charge is 0.450 e. The van der Waals surface area contributed by atoms with Crippen LogP contribution in [0.4, 0.5) is 0 Å². The Balaban J connectivity index is 1.37. The SMILES string of the molecule is O=C1C(=Cc2ccc(Sc3ccccc3)o2)SC(=NC2CCCCC2)N1C1CCCCC1. The molecule has 3 aliphatic rings. The Bertz CT molecular complexity index is 986. The molecule has 0 spiro atoms. The first-order chi connectivity index (χ1) is 15.8. The molecular weight excluding hydrogens is 436 g/mol. The Morgan fingerprint density at radius 2 is 1.66 bits per heavy atom. The molecule has 1 aliphatic heterocycles. The summed E-state index contributed by atoms with van der Waals surface area (Å²) < 4.78 is 6.03. The zero-order valence-electron chi connectivity index (χ0n) is 18.4. The van der Waals surface area contributed by atoms with Crippen LogP contribution in [0.3, 0.4) is 0 Å². The predicted octanol–water partition coefficient (Wildman–Crippen LogP) is 7.37. The summed E-state index contributed by atoms with van der Waals surface area (Å²) in [4.78, 5) is 22.5. The summed E-state index contributed by atoms with van der Waals surface area (Å²) in [5, 5.41) is 1.75. The van der Waals surface area contributed by atoms with Gasteiger partial charge in [-0.25, -0.2) is 0 Å². The molecule has 2 aliphatic carbocycles. The third-order valence-electron chi connectivity index (χ3n) is 6.48. The number of thioether (sulfide) groups is 1. The molecular formula is C26H30N2O2S2. The molecule has 32 heavy (non-hydrogen) atoms. The van der Waals surface area contributed by atoms with Gasteiger partial charge >= 0.3 is 0 Å². The van der Waals surface area contributed by atoms with E-state index in [1.807, 2.05) is 41.3 Å². The van der Waals surface area contributed by atoms with E-state index in [0.29, 0.717) is 6.04 Å². The number of benzene rings is 1. The van der Waals surface area contributed by atoms with Crippen molar-refractivity contribution in [3.8, 4) is 0 Å². The summed E-state index contributed by atoms with van der Waals surface area (Å²) in [6.07, 6.45) is 13.9. The van der Waals surface area contributed by atoms with Gasteiger partial charge in [-0.2, -0.15) is 0 Å². The Morgan fingerprint density at radius 1 is 0.938 bits per heavy atom. The molecule has 2 saturated carbocycles. The Morgan fingerprint density at radius 3 is 2.41 bits per heavy atom. The van der Waals surface area contributed by atoms with Crippen LogP contribution in [-0.2, 0) is 4.79 Å². The maximum atomic E-state index is 13.5. The summed E-state index contributed by atoms with van der Waals surface area (Å²) in [5.41, 5.74) is 0. The normalized spacial score (nSPS) is 23.5. The van der Waals surface area contributed by atoms with Crippen molar-refractivity contribution in [2.24, 2.45) is 4.99 Å². The molecule has 1 aromatic carbocycles. The number of rotatable bonds is 5. The van der Waals surface area contributed by atoms with E-state index in [1.54, 1.807) is 23.5 Å². The quantitative estimate of drug-likeness (QED) is 0.432. The lowest BCUT2D eigenvalue weighted by Gasteiger charge is -2.31. The molecule has 0 unspecified atom stereocenters. The van der Waals surface area contributed by atoms with E-state index in [4.69, 9.17) is 9.41 Å². The second-order valence-corrected chi connectivity index (χ2v) is 10.9. The number of hydrogen-bond donors (Lipinski definition) is 0.